The molecule has 1 atom stereocenters. The van der Waals surface area contributed by atoms with E-state index in [4.69, 9.17) is 11.6 Å². The molecular formula is C13H19ClN2O3S. The van der Waals surface area contributed by atoms with E-state index in [1.807, 2.05) is 13.8 Å². The summed E-state index contributed by atoms with van der Waals surface area (Å²) in [5.74, 6) is -0.251. The number of rotatable bonds is 6. The van der Waals surface area contributed by atoms with Gasteiger partial charge in [0.15, 0.2) is 0 Å². The second kappa shape index (κ2) is 6.95. The van der Waals surface area contributed by atoms with Crippen LogP contribution in [0.3, 0.4) is 0 Å². The van der Waals surface area contributed by atoms with Gasteiger partial charge in [0.2, 0.25) is 10.0 Å². The summed E-state index contributed by atoms with van der Waals surface area (Å²) in [5, 5.41) is 3.09. The highest BCUT2D eigenvalue weighted by atomic mass is 35.5. The van der Waals surface area contributed by atoms with E-state index in [-0.39, 0.29) is 22.7 Å². The molecule has 0 aliphatic carbocycles. The van der Waals surface area contributed by atoms with Gasteiger partial charge in [-0.05, 0) is 31.5 Å². The van der Waals surface area contributed by atoms with Gasteiger partial charge in [0.1, 0.15) is 0 Å². The van der Waals surface area contributed by atoms with E-state index in [2.05, 4.69) is 10.0 Å². The number of sulfonamides is 1. The Balaban J connectivity index is 2.92. The lowest BCUT2D eigenvalue weighted by Crippen LogP contribution is -2.32. The average molecular weight is 319 g/mol. The third kappa shape index (κ3) is 5.38. The Labute approximate surface area is 124 Å². The lowest BCUT2D eigenvalue weighted by molar-refractivity contribution is 0.0938. The molecule has 7 heteroatoms. The molecule has 0 radical (unpaired) electrons. The summed E-state index contributed by atoms with van der Waals surface area (Å²) in [4.78, 5) is 12.0. The third-order valence-electron chi connectivity index (χ3n) is 2.62. The summed E-state index contributed by atoms with van der Waals surface area (Å²) in [6, 6.07) is 4.55. The summed E-state index contributed by atoms with van der Waals surface area (Å²) >= 11 is 5.90. The fourth-order valence-electron chi connectivity index (χ4n) is 1.76. The molecule has 1 aromatic rings. The normalized spacial score (nSPS) is 12.8. The van der Waals surface area contributed by atoms with Crippen LogP contribution in [0.15, 0.2) is 18.2 Å². The van der Waals surface area contributed by atoms with Gasteiger partial charge in [0.25, 0.3) is 5.91 Å². The molecule has 0 aromatic heterocycles. The van der Waals surface area contributed by atoms with Gasteiger partial charge in [-0.2, -0.15) is 0 Å². The predicted octanol–water partition coefficient (Wildman–Crippen LogP) is 2.63. The summed E-state index contributed by atoms with van der Waals surface area (Å²) in [6.07, 6.45) is 2.89. The van der Waals surface area contributed by atoms with E-state index in [1.165, 1.54) is 12.1 Å². The van der Waals surface area contributed by atoms with Gasteiger partial charge in [-0.1, -0.05) is 24.9 Å². The molecule has 0 fully saturated rings. The Kier molecular flexibility index (Phi) is 5.83. The van der Waals surface area contributed by atoms with Crippen molar-refractivity contribution in [2.75, 3.05) is 11.0 Å². The second-order valence-electron chi connectivity index (χ2n) is 4.73. The fraction of sp³-hybridized carbons (Fsp3) is 0.462. The summed E-state index contributed by atoms with van der Waals surface area (Å²) in [5.41, 5.74) is 0.563. The molecule has 2 N–H and O–H groups in total. The monoisotopic (exact) mass is 318 g/mol. The summed E-state index contributed by atoms with van der Waals surface area (Å²) in [6.45, 7) is 3.96. The van der Waals surface area contributed by atoms with Crippen molar-refractivity contribution in [1.82, 2.24) is 5.32 Å². The zero-order valence-corrected chi connectivity index (χ0v) is 13.3. The number of hydrogen-bond donors (Lipinski definition) is 2. The van der Waals surface area contributed by atoms with Gasteiger partial charge < -0.3 is 5.32 Å². The lowest BCUT2D eigenvalue weighted by atomic mass is 10.1. The number of carbonyl (C=O) groups excluding carboxylic acids is 1. The maximum absolute atomic E-state index is 12.0. The minimum absolute atomic E-state index is 0.0643. The van der Waals surface area contributed by atoms with Crippen molar-refractivity contribution >= 4 is 33.2 Å². The smallest absolute Gasteiger partial charge is 0.251 e. The molecular weight excluding hydrogens is 300 g/mol. The Morgan fingerprint density at radius 1 is 1.40 bits per heavy atom. The van der Waals surface area contributed by atoms with E-state index in [1.54, 1.807) is 6.07 Å². The van der Waals surface area contributed by atoms with Crippen molar-refractivity contribution in [3.8, 4) is 0 Å². The van der Waals surface area contributed by atoms with E-state index in [0.717, 1.165) is 19.1 Å². The van der Waals surface area contributed by atoms with Crippen molar-refractivity contribution in [2.45, 2.75) is 32.7 Å². The van der Waals surface area contributed by atoms with Crippen LogP contribution in [-0.2, 0) is 10.0 Å². The van der Waals surface area contributed by atoms with Crippen molar-refractivity contribution in [1.29, 1.82) is 0 Å². The van der Waals surface area contributed by atoms with Crippen LogP contribution in [0, 0.1) is 0 Å². The maximum Gasteiger partial charge on any atom is 0.251 e. The van der Waals surface area contributed by atoms with Gasteiger partial charge in [-0.25, -0.2) is 8.42 Å². The van der Waals surface area contributed by atoms with E-state index < -0.39 is 10.0 Å². The van der Waals surface area contributed by atoms with E-state index in [0.29, 0.717) is 5.56 Å². The van der Waals surface area contributed by atoms with Gasteiger partial charge >= 0.3 is 0 Å². The minimum Gasteiger partial charge on any atom is -0.350 e. The van der Waals surface area contributed by atoms with Crippen LogP contribution in [0.25, 0.3) is 0 Å². The molecule has 112 valence electrons. The number of hydrogen-bond acceptors (Lipinski definition) is 3. The molecule has 0 saturated heterocycles. The lowest BCUT2D eigenvalue weighted by Gasteiger charge is -2.14. The first-order valence-corrected chi connectivity index (χ1v) is 8.58. The van der Waals surface area contributed by atoms with Crippen LogP contribution < -0.4 is 10.0 Å². The summed E-state index contributed by atoms with van der Waals surface area (Å²) in [7, 11) is -3.44. The molecule has 0 spiro atoms. The number of benzene rings is 1. The van der Waals surface area contributed by atoms with Crippen LogP contribution in [0.5, 0.6) is 0 Å². The molecule has 0 aliphatic rings. The van der Waals surface area contributed by atoms with Crippen LogP contribution in [0.2, 0.25) is 5.02 Å². The first-order valence-electron chi connectivity index (χ1n) is 6.31. The minimum atomic E-state index is -3.44. The number of halogens is 1. The molecule has 1 aromatic carbocycles. The van der Waals surface area contributed by atoms with Gasteiger partial charge in [-0.3, -0.25) is 9.52 Å². The molecule has 1 unspecified atom stereocenters. The van der Waals surface area contributed by atoms with Crippen molar-refractivity contribution in [3.05, 3.63) is 28.8 Å². The van der Waals surface area contributed by atoms with Gasteiger partial charge in [-0.15, -0.1) is 0 Å². The van der Waals surface area contributed by atoms with Gasteiger partial charge in [0, 0.05) is 11.6 Å². The summed E-state index contributed by atoms with van der Waals surface area (Å²) < 4.78 is 24.7. The van der Waals surface area contributed by atoms with E-state index >= 15 is 0 Å². The second-order valence-corrected chi connectivity index (χ2v) is 6.89. The fourth-order valence-corrected chi connectivity index (χ4v) is 2.55. The molecule has 1 rings (SSSR count). The van der Waals surface area contributed by atoms with Crippen LogP contribution in [0.4, 0.5) is 5.69 Å². The van der Waals surface area contributed by atoms with Crippen LogP contribution >= 0.6 is 11.6 Å². The predicted molar refractivity (Wildman–Crippen MR) is 81.8 cm³/mol. The number of amides is 1. The van der Waals surface area contributed by atoms with Crippen molar-refractivity contribution < 1.29 is 13.2 Å². The topological polar surface area (TPSA) is 75.3 Å². The zero-order valence-electron chi connectivity index (χ0n) is 11.7. The number of carbonyl (C=O) groups is 1. The Morgan fingerprint density at radius 2 is 2.05 bits per heavy atom. The number of nitrogens with one attached hydrogen (secondary N) is 2. The molecule has 0 heterocycles. The van der Waals surface area contributed by atoms with E-state index in [9.17, 15) is 13.2 Å². The number of anilines is 1. The highest BCUT2D eigenvalue weighted by Gasteiger charge is 2.13. The molecule has 0 bridgehead atoms. The molecule has 20 heavy (non-hydrogen) atoms. The van der Waals surface area contributed by atoms with Crippen molar-refractivity contribution in [2.24, 2.45) is 0 Å². The SMILES string of the molecule is CCCC(C)NC(=O)c1ccc(Cl)c(NS(C)(=O)=O)c1. The average Bonchev–Trinajstić information content (AvgIpc) is 2.30. The highest BCUT2D eigenvalue weighted by molar-refractivity contribution is 7.92. The largest absolute Gasteiger partial charge is 0.350 e. The van der Waals surface area contributed by atoms with Crippen LogP contribution in [-0.4, -0.2) is 26.6 Å². The van der Waals surface area contributed by atoms with Crippen molar-refractivity contribution in [3.63, 3.8) is 0 Å². The third-order valence-corrected chi connectivity index (χ3v) is 3.54. The zero-order chi connectivity index (χ0) is 15.3. The van der Waals surface area contributed by atoms with Crippen LogP contribution in [0.1, 0.15) is 37.0 Å². The molecule has 5 nitrogen and oxygen atoms in total. The molecule has 1 amide bonds. The Hall–Kier alpha value is -1.27. The first-order chi connectivity index (χ1) is 9.23. The standard InChI is InChI=1S/C13H19ClN2O3S/c1-4-5-9(2)15-13(17)10-6-7-11(14)12(8-10)16-20(3,18)19/h6-9,16H,4-5H2,1-3H3,(H,15,17). The Morgan fingerprint density at radius 3 is 2.60 bits per heavy atom. The molecule has 0 aliphatic heterocycles. The molecule has 0 saturated carbocycles. The van der Waals surface area contributed by atoms with Gasteiger partial charge in [0.05, 0.1) is 17.0 Å². The highest BCUT2D eigenvalue weighted by Crippen LogP contribution is 2.24. The maximum atomic E-state index is 12.0. The quantitative estimate of drug-likeness (QED) is 0.846. The Bertz CT molecular complexity index is 587. The first kappa shape index (κ1) is 16.8.